The molecule has 1 aromatic heterocycles. The lowest BCUT2D eigenvalue weighted by molar-refractivity contribution is 0.358. The normalized spacial score (nSPS) is 15.7. The largest absolute Gasteiger partial charge is 0.250 e. The highest BCUT2D eigenvalue weighted by Gasteiger charge is 2.22. The van der Waals surface area contributed by atoms with Gasteiger partial charge in [0.25, 0.3) is 0 Å². The van der Waals surface area contributed by atoms with Gasteiger partial charge in [0.1, 0.15) is 0 Å². The summed E-state index contributed by atoms with van der Waals surface area (Å²) >= 11 is 7.73. The molecule has 0 amide bonds. The first-order chi connectivity index (χ1) is 6.09. The zero-order chi connectivity index (χ0) is 9.90. The van der Waals surface area contributed by atoms with Crippen LogP contribution in [0.1, 0.15) is 30.2 Å². The minimum Gasteiger partial charge on any atom is -0.250 e. The van der Waals surface area contributed by atoms with Gasteiger partial charge in [-0.25, -0.2) is 4.98 Å². The Labute approximate surface area is 89.1 Å². The number of alkyl halides is 1. The van der Waals surface area contributed by atoms with Gasteiger partial charge in [0.05, 0.1) is 5.01 Å². The van der Waals surface area contributed by atoms with Gasteiger partial charge in [-0.3, -0.25) is 0 Å². The van der Waals surface area contributed by atoms with E-state index in [9.17, 15) is 0 Å². The van der Waals surface area contributed by atoms with Crippen LogP contribution in [-0.4, -0.2) is 10.9 Å². The smallest absolute Gasteiger partial charge is 0.0896 e. The van der Waals surface area contributed by atoms with E-state index in [4.69, 9.17) is 11.6 Å². The van der Waals surface area contributed by atoms with Crippen LogP contribution in [0, 0.1) is 12.3 Å². The molecule has 0 spiro atoms. The van der Waals surface area contributed by atoms with Gasteiger partial charge in [0.15, 0.2) is 0 Å². The van der Waals surface area contributed by atoms with Crippen molar-refractivity contribution in [2.75, 3.05) is 5.88 Å². The van der Waals surface area contributed by atoms with Crippen molar-refractivity contribution in [2.45, 2.75) is 33.6 Å². The summed E-state index contributed by atoms with van der Waals surface area (Å²) in [6.45, 7) is 6.46. The number of halogens is 1. The molecule has 0 radical (unpaired) electrons. The Kier molecular flexibility index (Phi) is 3.74. The Morgan fingerprint density at radius 3 is 2.69 bits per heavy atom. The fourth-order valence-corrected chi connectivity index (χ4v) is 2.47. The highest BCUT2D eigenvalue weighted by molar-refractivity contribution is 7.11. The van der Waals surface area contributed by atoms with Crippen molar-refractivity contribution in [2.24, 2.45) is 5.41 Å². The van der Waals surface area contributed by atoms with Crippen LogP contribution >= 0.6 is 22.9 Å². The lowest BCUT2D eigenvalue weighted by atomic mass is 9.86. The summed E-state index contributed by atoms with van der Waals surface area (Å²) in [6, 6.07) is 0. The number of rotatable bonds is 4. The van der Waals surface area contributed by atoms with Crippen LogP contribution in [0.5, 0.6) is 0 Å². The number of aromatic nitrogens is 1. The molecule has 1 heterocycles. The number of nitrogens with zero attached hydrogens (tertiary/aromatic N) is 1. The average Bonchev–Trinajstić information content (AvgIpc) is 2.51. The monoisotopic (exact) mass is 217 g/mol. The van der Waals surface area contributed by atoms with E-state index in [-0.39, 0.29) is 5.41 Å². The van der Waals surface area contributed by atoms with E-state index in [1.54, 1.807) is 11.3 Å². The molecule has 0 aliphatic heterocycles. The highest BCUT2D eigenvalue weighted by Crippen LogP contribution is 2.29. The van der Waals surface area contributed by atoms with Gasteiger partial charge in [-0.15, -0.1) is 22.9 Å². The molecule has 0 aliphatic rings. The molecule has 0 saturated carbocycles. The molecule has 0 saturated heterocycles. The van der Waals surface area contributed by atoms with Gasteiger partial charge in [-0.2, -0.15) is 0 Å². The third kappa shape index (κ3) is 2.96. The van der Waals surface area contributed by atoms with E-state index in [2.05, 4.69) is 18.8 Å². The van der Waals surface area contributed by atoms with E-state index in [0.29, 0.717) is 0 Å². The van der Waals surface area contributed by atoms with Gasteiger partial charge in [0.2, 0.25) is 0 Å². The van der Waals surface area contributed by atoms with Crippen LogP contribution in [0.25, 0.3) is 0 Å². The van der Waals surface area contributed by atoms with E-state index in [0.717, 1.165) is 23.7 Å². The van der Waals surface area contributed by atoms with E-state index >= 15 is 0 Å². The molecule has 0 fully saturated rings. The predicted octanol–water partition coefficient (Wildman–Crippen LogP) is 3.65. The topological polar surface area (TPSA) is 12.9 Å². The van der Waals surface area contributed by atoms with Crippen LogP contribution in [0.4, 0.5) is 0 Å². The molecule has 1 nitrogen and oxygen atoms in total. The molecule has 1 atom stereocenters. The molecular weight excluding hydrogens is 202 g/mol. The summed E-state index contributed by atoms with van der Waals surface area (Å²) in [6.07, 6.45) is 4.15. The van der Waals surface area contributed by atoms with Crippen LogP contribution < -0.4 is 0 Å². The maximum Gasteiger partial charge on any atom is 0.0896 e. The highest BCUT2D eigenvalue weighted by atomic mass is 35.5. The predicted molar refractivity (Wildman–Crippen MR) is 59.7 cm³/mol. The Bertz CT molecular complexity index is 266. The number of thiazole rings is 1. The number of hydrogen-bond donors (Lipinski definition) is 0. The van der Waals surface area contributed by atoms with Crippen molar-refractivity contribution >= 4 is 22.9 Å². The van der Waals surface area contributed by atoms with Gasteiger partial charge in [-0.1, -0.05) is 13.8 Å². The second-order valence-electron chi connectivity index (χ2n) is 3.82. The Balaban J connectivity index is 2.67. The molecule has 0 aliphatic carbocycles. The zero-order valence-corrected chi connectivity index (χ0v) is 10.0. The van der Waals surface area contributed by atoms with Gasteiger partial charge in [-0.05, 0) is 25.2 Å². The van der Waals surface area contributed by atoms with E-state index in [1.807, 2.05) is 13.1 Å². The SMILES string of the molecule is CCC(C)(CCl)Cc1cnc(C)s1. The van der Waals surface area contributed by atoms with Crippen LogP contribution in [-0.2, 0) is 6.42 Å². The second-order valence-corrected chi connectivity index (χ2v) is 5.41. The average molecular weight is 218 g/mol. The minimum atomic E-state index is 0.237. The molecule has 3 heteroatoms. The van der Waals surface area contributed by atoms with Crippen LogP contribution in [0.2, 0.25) is 0 Å². The fraction of sp³-hybridized carbons (Fsp3) is 0.700. The van der Waals surface area contributed by atoms with Gasteiger partial charge >= 0.3 is 0 Å². The number of aryl methyl sites for hydroxylation is 1. The molecular formula is C10H16ClNS. The molecule has 74 valence electrons. The summed E-state index contributed by atoms with van der Waals surface area (Å²) < 4.78 is 0. The first kappa shape index (κ1) is 11.0. The molecule has 0 aromatic carbocycles. The lowest BCUT2D eigenvalue weighted by Crippen LogP contribution is -2.19. The first-order valence-electron chi connectivity index (χ1n) is 4.57. The summed E-state index contributed by atoms with van der Waals surface area (Å²) in [5.74, 6) is 0.723. The van der Waals surface area contributed by atoms with Crippen molar-refractivity contribution in [3.63, 3.8) is 0 Å². The van der Waals surface area contributed by atoms with Crippen molar-refractivity contribution in [3.8, 4) is 0 Å². The lowest BCUT2D eigenvalue weighted by Gasteiger charge is -2.24. The summed E-state index contributed by atoms with van der Waals surface area (Å²) in [5, 5.41) is 1.14. The van der Waals surface area contributed by atoms with Gasteiger partial charge in [0, 0.05) is 17.0 Å². The molecule has 0 bridgehead atoms. The van der Waals surface area contributed by atoms with Crippen molar-refractivity contribution in [1.29, 1.82) is 0 Å². The summed E-state index contributed by atoms with van der Waals surface area (Å²) in [4.78, 5) is 5.59. The molecule has 0 N–H and O–H groups in total. The second kappa shape index (κ2) is 4.43. The quantitative estimate of drug-likeness (QED) is 0.702. The maximum atomic E-state index is 5.95. The fourth-order valence-electron chi connectivity index (χ4n) is 1.17. The van der Waals surface area contributed by atoms with Crippen LogP contribution in [0.3, 0.4) is 0 Å². The van der Waals surface area contributed by atoms with Crippen molar-refractivity contribution < 1.29 is 0 Å². The Morgan fingerprint density at radius 2 is 2.31 bits per heavy atom. The Morgan fingerprint density at radius 1 is 1.62 bits per heavy atom. The summed E-state index contributed by atoms with van der Waals surface area (Å²) in [7, 11) is 0. The first-order valence-corrected chi connectivity index (χ1v) is 5.92. The van der Waals surface area contributed by atoms with E-state index in [1.165, 1.54) is 4.88 Å². The van der Waals surface area contributed by atoms with Crippen molar-refractivity contribution in [3.05, 3.63) is 16.1 Å². The third-order valence-electron chi connectivity index (χ3n) is 2.45. The Hall–Kier alpha value is -0.0800. The van der Waals surface area contributed by atoms with Crippen molar-refractivity contribution in [1.82, 2.24) is 4.98 Å². The standard InChI is InChI=1S/C10H16ClNS/c1-4-10(3,7-11)5-9-6-12-8(2)13-9/h6H,4-5,7H2,1-3H3. The molecule has 13 heavy (non-hydrogen) atoms. The number of hydrogen-bond acceptors (Lipinski definition) is 2. The van der Waals surface area contributed by atoms with E-state index < -0.39 is 0 Å². The van der Waals surface area contributed by atoms with Gasteiger partial charge < -0.3 is 0 Å². The summed E-state index contributed by atoms with van der Waals surface area (Å²) in [5.41, 5.74) is 0.237. The maximum absolute atomic E-state index is 5.95. The van der Waals surface area contributed by atoms with Crippen LogP contribution in [0.15, 0.2) is 6.20 Å². The molecule has 1 unspecified atom stereocenters. The third-order valence-corrected chi connectivity index (χ3v) is 4.00. The minimum absolute atomic E-state index is 0.237. The molecule has 1 aromatic rings. The zero-order valence-electron chi connectivity index (χ0n) is 8.43. The molecule has 1 rings (SSSR count).